The van der Waals surface area contributed by atoms with Crippen molar-refractivity contribution in [1.82, 2.24) is 5.32 Å². The fraction of sp³-hybridized carbons (Fsp3) is 0.714. The van der Waals surface area contributed by atoms with Crippen molar-refractivity contribution in [2.45, 2.75) is 20.3 Å². The lowest BCUT2D eigenvalue weighted by atomic mass is 10.1. The van der Waals surface area contributed by atoms with Gasteiger partial charge in [0.05, 0.1) is 0 Å². The van der Waals surface area contributed by atoms with Crippen molar-refractivity contribution in [3.63, 3.8) is 0 Å². The van der Waals surface area contributed by atoms with E-state index in [1.165, 1.54) is 0 Å². The number of hydrogen-bond acceptors (Lipinski definition) is 2. The Morgan fingerprint density at radius 1 is 1.42 bits per heavy atom. The van der Waals surface area contributed by atoms with Crippen LogP contribution in [0.1, 0.15) is 20.3 Å². The van der Waals surface area contributed by atoms with E-state index in [9.17, 15) is 9.59 Å². The summed E-state index contributed by atoms with van der Waals surface area (Å²) < 4.78 is 0. The number of hydrogen-bond donors (Lipinski definition) is 2. The zero-order valence-electron chi connectivity index (χ0n) is 7.26. The van der Waals surface area contributed by atoms with Crippen LogP contribution < -0.4 is 5.32 Å². The predicted molar refractivity (Wildman–Crippen MR) is 43.7 cm³/mol. The topological polar surface area (TPSA) is 97.9 Å². The van der Waals surface area contributed by atoms with Crippen LogP contribution in [0.2, 0.25) is 0 Å². The van der Waals surface area contributed by atoms with E-state index in [1.807, 2.05) is 13.8 Å². The Hall–Kier alpha value is -1.10. The van der Waals surface area contributed by atoms with Gasteiger partial charge in [-0.1, -0.05) is 13.8 Å². The second kappa shape index (κ2) is 6.60. The molecule has 0 saturated carbocycles. The second-order valence-electron chi connectivity index (χ2n) is 2.77. The maximum absolute atomic E-state index is 10.8. The summed E-state index contributed by atoms with van der Waals surface area (Å²) in [5.41, 5.74) is 0. The minimum Gasteiger partial charge on any atom is -0.480 e. The lowest BCUT2D eigenvalue weighted by Crippen LogP contribution is -2.29. The average Bonchev–Trinajstić information content (AvgIpc) is 1.82. The Labute approximate surface area is 71.1 Å². The Bertz CT molecular complexity index is 155. The Kier molecular flexibility index (Phi) is 7.42. The van der Waals surface area contributed by atoms with E-state index in [0.717, 1.165) is 0 Å². The van der Waals surface area contributed by atoms with Gasteiger partial charge < -0.3 is 15.9 Å². The SMILES string of the molecule is CC(C)CC(=O)NCC(=O)O.O. The third-order valence-electron chi connectivity index (χ3n) is 1.03. The molecule has 0 aromatic heterocycles. The highest BCUT2D eigenvalue weighted by Crippen LogP contribution is 1.97. The fourth-order valence-electron chi connectivity index (χ4n) is 0.617. The number of amides is 1. The van der Waals surface area contributed by atoms with Crippen LogP contribution in [0.4, 0.5) is 0 Å². The van der Waals surface area contributed by atoms with E-state index < -0.39 is 5.97 Å². The molecule has 12 heavy (non-hydrogen) atoms. The smallest absolute Gasteiger partial charge is 0.322 e. The first kappa shape index (κ1) is 13.5. The molecule has 0 unspecified atom stereocenters. The van der Waals surface area contributed by atoms with Gasteiger partial charge in [-0.15, -0.1) is 0 Å². The van der Waals surface area contributed by atoms with E-state index in [2.05, 4.69) is 5.32 Å². The van der Waals surface area contributed by atoms with Gasteiger partial charge in [-0.05, 0) is 5.92 Å². The Morgan fingerprint density at radius 2 is 1.92 bits per heavy atom. The zero-order valence-corrected chi connectivity index (χ0v) is 7.26. The predicted octanol–water partition coefficient (Wildman–Crippen LogP) is -0.591. The van der Waals surface area contributed by atoms with Gasteiger partial charge in [0.2, 0.25) is 5.91 Å². The molecule has 0 saturated heterocycles. The van der Waals surface area contributed by atoms with Crippen molar-refractivity contribution in [3.05, 3.63) is 0 Å². The number of carbonyl (C=O) groups is 2. The van der Waals surface area contributed by atoms with Crippen LogP contribution in [0.3, 0.4) is 0 Å². The normalized spacial score (nSPS) is 8.92. The molecule has 0 aromatic rings. The number of carbonyl (C=O) groups excluding carboxylic acids is 1. The van der Waals surface area contributed by atoms with Gasteiger partial charge in [-0.3, -0.25) is 9.59 Å². The van der Waals surface area contributed by atoms with Crippen LogP contribution in [0, 0.1) is 5.92 Å². The van der Waals surface area contributed by atoms with E-state index in [0.29, 0.717) is 6.42 Å². The molecule has 0 aliphatic carbocycles. The van der Waals surface area contributed by atoms with Crippen LogP contribution in [-0.4, -0.2) is 29.0 Å². The fourth-order valence-corrected chi connectivity index (χ4v) is 0.617. The van der Waals surface area contributed by atoms with Gasteiger partial charge in [0, 0.05) is 6.42 Å². The number of rotatable bonds is 4. The molecule has 72 valence electrons. The Balaban J connectivity index is 0. The lowest BCUT2D eigenvalue weighted by molar-refractivity contribution is -0.138. The third-order valence-corrected chi connectivity index (χ3v) is 1.03. The van der Waals surface area contributed by atoms with Gasteiger partial charge in [-0.25, -0.2) is 0 Å². The molecule has 0 fully saturated rings. The lowest BCUT2D eigenvalue weighted by Gasteiger charge is -2.03. The quantitative estimate of drug-likeness (QED) is 0.600. The highest BCUT2D eigenvalue weighted by Gasteiger charge is 2.05. The van der Waals surface area contributed by atoms with Gasteiger partial charge in [0.15, 0.2) is 0 Å². The molecule has 0 radical (unpaired) electrons. The molecular weight excluding hydrogens is 162 g/mol. The van der Waals surface area contributed by atoms with E-state index >= 15 is 0 Å². The summed E-state index contributed by atoms with van der Waals surface area (Å²) in [4.78, 5) is 20.8. The highest BCUT2D eigenvalue weighted by atomic mass is 16.4. The van der Waals surface area contributed by atoms with Crippen molar-refractivity contribution in [2.24, 2.45) is 5.92 Å². The van der Waals surface area contributed by atoms with Gasteiger partial charge in [0.1, 0.15) is 6.54 Å². The van der Waals surface area contributed by atoms with Gasteiger partial charge in [0.25, 0.3) is 0 Å². The van der Waals surface area contributed by atoms with E-state index in [1.54, 1.807) is 0 Å². The van der Waals surface area contributed by atoms with Crippen LogP contribution in [0.15, 0.2) is 0 Å². The highest BCUT2D eigenvalue weighted by molar-refractivity contribution is 5.81. The van der Waals surface area contributed by atoms with Crippen molar-refractivity contribution in [2.75, 3.05) is 6.54 Å². The van der Waals surface area contributed by atoms with Crippen molar-refractivity contribution in [1.29, 1.82) is 0 Å². The minimum absolute atomic E-state index is 0. The third kappa shape index (κ3) is 8.90. The summed E-state index contributed by atoms with van der Waals surface area (Å²) in [6, 6.07) is 0. The summed E-state index contributed by atoms with van der Waals surface area (Å²) in [5, 5.41) is 10.5. The molecule has 5 heteroatoms. The average molecular weight is 177 g/mol. The maximum Gasteiger partial charge on any atom is 0.322 e. The standard InChI is InChI=1S/C7H13NO3.H2O/c1-5(2)3-6(9)8-4-7(10)11;/h5H,3-4H2,1-2H3,(H,8,9)(H,10,11);1H2. The first-order chi connectivity index (χ1) is 5.02. The first-order valence-electron chi connectivity index (χ1n) is 3.51. The zero-order chi connectivity index (χ0) is 8.85. The molecular formula is C7H15NO4. The molecule has 0 aliphatic heterocycles. The summed E-state index contributed by atoms with van der Waals surface area (Å²) in [6.45, 7) is 3.52. The summed E-state index contributed by atoms with van der Waals surface area (Å²) in [5.74, 6) is -0.951. The largest absolute Gasteiger partial charge is 0.480 e. The van der Waals surface area contributed by atoms with Crippen LogP contribution >= 0.6 is 0 Å². The van der Waals surface area contributed by atoms with Gasteiger partial charge >= 0.3 is 5.97 Å². The summed E-state index contributed by atoms with van der Waals surface area (Å²) >= 11 is 0. The molecule has 0 heterocycles. The Morgan fingerprint density at radius 3 is 2.25 bits per heavy atom. The number of nitrogens with one attached hydrogen (secondary N) is 1. The molecule has 0 atom stereocenters. The summed E-state index contributed by atoms with van der Waals surface area (Å²) in [7, 11) is 0. The van der Waals surface area contributed by atoms with E-state index in [-0.39, 0.29) is 23.8 Å². The maximum atomic E-state index is 10.8. The molecule has 1 amide bonds. The minimum atomic E-state index is -1.01. The number of aliphatic carboxylic acids is 1. The molecule has 4 N–H and O–H groups in total. The molecule has 0 aliphatic rings. The number of carboxylic acid groups (broad SMARTS) is 1. The first-order valence-corrected chi connectivity index (χ1v) is 3.51. The number of carboxylic acids is 1. The van der Waals surface area contributed by atoms with Crippen molar-refractivity contribution < 1.29 is 20.2 Å². The van der Waals surface area contributed by atoms with Gasteiger partial charge in [-0.2, -0.15) is 0 Å². The summed E-state index contributed by atoms with van der Waals surface area (Å²) in [6.07, 6.45) is 0.382. The monoisotopic (exact) mass is 177 g/mol. The molecule has 0 bridgehead atoms. The van der Waals surface area contributed by atoms with Crippen LogP contribution in [0.25, 0.3) is 0 Å². The molecule has 0 aromatic carbocycles. The molecule has 5 nitrogen and oxygen atoms in total. The van der Waals surface area contributed by atoms with Crippen molar-refractivity contribution >= 4 is 11.9 Å². The van der Waals surface area contributed by atoms with Crippen molar-refractivity contribution in [3.8, 4) is 0 Å². The second-order valence-corrected chi connectivity index (χ2v) is 2.77. The van der Waals surface area contributed by atoms with Crippen LogP contribution in [-0.2, 0) is 9.59 Å². The van der Waals surface area contributed by atoms with E-state index in [4.69, 9.17) is 5.11 Å². The molecule has 0 spiro atoms. The molecule has 0 rings (SSSR count). The van der Waals surface area contributed by atoms with Crippen LogP contribution in [0.5, 0.6) is 0 Å².